The number of rotatable bonds is 7. The molecule has 0 radical (unpaired) electrons. The molecule has 0 heterocycles. The monoisotopic (exact) mass is 210 g/mol. The molecule has 0 bridgehead atoms. The van der Waals surface area contributed by atoms with Crippen molar-refractivity contribution in [2.24, 2.45) is 17.8 Å². The highest BCUT2D eigenvalue weighted by molar-refractivity contribution is 6.37. The first-order valence-electron chi connectivity index (χ1n) is 6.17. The average molecular weight is 210 g/mol. The van der Waals surface area contributed by atoms with Crippen molar-refractivity contribution in [2.45, 2.75) is 52.9 Å². The van der Waals surface area contributed by atoms with Crippen molar-refractivity contribution in [2.75, 3.05) is 0 Å². The van der Waals surface area contributed by atoms with Crippen LogP contribution in [0.3, 0.4) is 0 Å². The molecule has 2 unspecified atom stereocenters. The molecule has 1 fully saturated rings. The van der Waals surface area contributed by atoms with Crippen LogP contribution in [0, 0.1) is 17.8 Å². The summed E-state index contributed by atoms with van der Waals surface area (Å²) in [6.45, 7) is 5.95. The highest BCUT2D eigenvalue weighted by Gasteiger charge is 2.34. The van der Waals surface area contributed by atoms with Gasteiger partial charge in [-0.05, 0) is 18.3 Å². The summed E-state index contributed by atoms with van der Waals surface area (Å²) in [6.07, 6.45) is 4.79. The Morgan fingerprint density at radius 2 is 1.87 bits per heavy atom. The Kier molecular flexibility index (Phi) is 4.49. The van der Waals surface area contributed by atoms with E-state index in [9.17, 15) is 9.59 Å². The van der Waals surface area contributed by atoms with E-state index in [0.29, 0.717) is 12.3 Å². The molecular weight excluding hydrogens is 188 g/mol. The van der Waals surface area contributed by atoms with Gasteiger partial charge in [-0.2, -0.15) is 0 Å². The van der Waals surface area contributed by atoms with Crippen molar-refractivity contribution in [1.82, 2.24) is 0 Å². The lowest BCUT2D eigenvalue weighted by molar-refractivity contribution is -0.140. The number of carbonyl (C=O) groups is 2. The Morgan fingerprint density at radius 3 is 2.27 bits per heavy atom. The van der Waals surface area contributed by atoms with Crippen LogP contribution in [0.5, 0.6) is 0 Å². The van der Waals surface area contributed by atoms with E-state index in [1.165, 1.54) is 12.8 Å². The van der Waals surface area contributed by atoms with Crippen LogP contribution in [0.4, 0.5) is 0 Å². The Bertz CT molecular complexity index is 241. The topological polar surface area (TPSA) is 34.1 Å². The predicted octanol–water partition coefficient (Wildman–Crippen LogP) is 3.00. The minimum atomic E-state index is -0.180. The first-order chi connectivity index (χ1) is 7.10. The Labute approximate surface area is 92.4 Å². The van der Waals surface area contributed by atoms with E-state index >= 15 is 0 Å². The standard InChI is InChI=1S/C13H22O2/c1-4-9(3)11(8-10-6-7-10)13(15)12(14)5-2/h9-11H,4-8H2,1-3H3. The summed E-state index contributed by atoms with van der Waals surface area (Å²) in [5.74, 6) is 0.779. The van der Waals surface area contributed by atoms with E-state index < -0.39 is 0 Å². The fourth-order valence-corrected chi connectivity index (χ4v) is 1.98. The van der Waals surface area contributed by atoms with Crippen LogP contribution in [0.15, 0.2) is 0 Å². The molecule has 0 aliphatic heterocycles. The van der Waals surface area contributed by atoms with E-state index in [-0.39, 0.29) is 17.5 Å². The van der Waals surface area contributed by atoms with Crippen LogP contribution < -0.4 is 0 Å². The summed E-state index contributed by atoms with van der Waals surface area (Å²) in [5, 5.41) is 0. The van der Waals surface area contributed by atoms with Crippen LogP contribution >= 0.6 is 0 Å². The minimum absolute atomic E-state index is 0.00468. The maximum absolute atomic E-state index is 11.9. The predicted molar refractivity (Wildman–Crippen MR) is 60.6 cm³/mol. The molecule has 2 heteroatoms. The molecule has 1 aliphatic rings. The lowest BCUT2D eigenvalue weighted by Crippen LogP contribution is -2.28. The zero-order chi connectivity index (χ0) is 11.4. The van der Waals surface area contributed by atoms with Gasteiger partial charge in [-0.15, -0.1) is 0 Å². The number of carbonyl (C=O) groups excluding carboxylic acids is 2. The first-order valence-corrected chi connectivity index (χ1v) is 6.17. The van der Waals surface area contributed by atoms with Gasteiger partial charge in [0.25, 0.3) is 0 Å². The highest BCUT2D eigenvalue weighted by Crippen LogP contribution is 2.38. The molecule has 0 spiro atoms. The highest BCUT2D eigenvalue weighted by atomic mass is 16.2. The van der Waals surface area contributed by atoms with Crippen LogP contribution in [0.25, 0.3) is 0 Å². The summed E-state index contributed by atoms with van der Waals surface area (Å²) in [4.78, 5) is 23.3. The van der Waals surface area contributed by atoms with Crippen LogP contribution in [-0.2, 0) is 9.59 Å². The van der Waals surface area contributed by atoms with E-state index in [2.05, 4.69) is 13.8 Å². The minimum Gasteiger partial charge on any atom is -0.291 e. The summed E-state index contributed by atoms with van der Waals surface area (Å²) >= 11 is 0. The zero-order valence-corrected chi connectivity index (χ0v) is 10.1. The fourth-order valence-electron chi connectivity index (χ4n) is 1.98. The molecule has 0 aromatic rings. The van der Waals surface area contributed by atoms with Crippen LogP contribution in [-0.4, -0.2) is 11.6 Å². The second kappa shape index (κ2) is 5.43. The summed E-state index contributed by atoms with van der Waals surface area (Å²) in [7, 11) is 0. The number of Topliss-reactive ketones (excluding diaryl/α,β-unsaturated/α-hetero) is 2. The van der Waals surface area contributed by atoms with Gasteiger partial charge in [0.1, 0.15) is 0 Å². The number of hydrogen-bond donors (Lipinski definition) is 0. The van der Waals surface area contributed by atoms with Gasteiger partial charge in [-0.25, -0.2) is 0 Å². The molecule has 0 N–H and O–H groups in total. The molecule has 0 saturated heterocycles. The molecule has 86 valence electrons. The molecule has 0 aromatic heterocycles. The molecule has 1 rings (SSSR count). The van der Waals surface area contributed by atoms with Crippen molar-refractivity contribution in [3.05, 3.63) is 0 Å². The van der Waals surface area contributed by atoms with Gasteiger partial charge in [0, 0.05) is 12.3 Å². The molecule has 15 heavy (non-hydrogen) atoms. The first kappa shape index (κ1) is 12.4. The lowest BCUT2D eigenvalue weighted by atomic mass is 9.82. The quantitative estimate of drug-likeness (QED) is 0.605. The van der Waals surface area contributed by atoms with Crippen LogP contribution in [0.2, 0.25) is 0 Å². The second-order valence-corrected chi connectivity index (χ2v) is 4.81. The Balaban J connectivity index is 2.60. The van der Waals surface area contributed by atoms with E-state index in [4.69, 9.17) is 0 Å². The van der Waals surface area contributed by atoms with Gasteiger partial charge >= 0.3 is 0 Å². The maximum atomic E-state index is 11.9. The second-order valence-electron chi connectivity index (χ2n) is 4.81. The van der Waals surface area contributed by atoms with Gasteiger partial charge in [0.15, 0.2) is 5.78 Å². The lowest BCUT2D eigenvalue weighted by Gasteiger charge is -2.20. The Morgan fingerprint density at radius 1 is 1.27 bits per heavy atom. The maximum Gasteiger partial charge on any atom is 0.201 e. The third-order valence-corrected chi connectivity index (χ3v) is 3.55. The van der Waals surface area contributed by atoms with Crippen molar-refractivity contribution in [3.8, 4) is 0 Å². The van der Waals surface area contributed by atoms with Gasteiger partial charge in [-0.3, -0.25) is 9.59 Å². The van der Waals surface area contributed by atoms with Crippen molar-refractivity contribution < 1.29 is 9.59 Å². The average Bonchev–Trinajstić information content (AvgIpc) is 3.06. The Hall–Kier alpha value is -0.660. The van der Waals surface area contributed by atoms with Crippen molar-refractivity contribution in [3.63, 3.8) is 0 Å². The molecule has 2 atom stereocenters. The third kappa shape index (κ3) is 3.44. The normalized spacial score (nSPS) is 19.7. The van der Waals surface area contributed by atoms with Gasteiger partial charge in [0.2, 0.25) is 5.78 Å². The fraction of sp³-hybridized carbons (Fsp3) is 0.846. The summed E-state index contributed by atoms with van der Waals surface area (Å²) < 4.78 is 0. The summed E-state index contributed by atoms with van der Waals surface area (Å²) in [6, 6.07) is 0. The van der Waals surface area contributed by atoms with E-state index in [1.807, 2.05) is 0 Å². The molecule has 2 nitrogen and oxygen atoms in total. The largest absolute Gasteiger partial charge is 0.291 e. The SMILES string of the molecule is CCC(=O)C(=O)C(CC1CC1)C(C)CC. The van der Waals surface area contributed by atoms with Crippen molar-refractivity contribution in [1.29, 1.82) is 0 Å². The van der Waals surface area contributed by atoms with E-state index in [0.717, 1.165) is 18.8 Å². The smallest absolute Gasteiger partial charge is 0.201 e. The van der Waals surface area contributed by atoms with Gasteiger partial charge in [-0.1, -0.05) is 40.0 Å². The van der Waals surface area contributed by atoms with Gasteiger partial charge in [0.05, 0.1) is 0 Å². The van der Waals surface area contributed by atoms with E-state index in [1.54, 1.807) is 6.92 Å². The summed E-state index contributed by atoms with van der Waals surface area (Å²) in [5.41, 5.74) is 0. The molecule has 0 aromatic carbocycles. The number of hydrogen-bond acceptors (Lipinski definition) is 2. The molecule has 0 amide bonds. The molecule has 1 saturated carbocycles. The molecular formula is C13H22O2. The number of ketones is 2. The third-order valence-electron chi connectivity index (χ3n) is 3.55. The zero-order valence-electron chi connectivity index (χ0n) is 10.1. The van der Waals surface area contributed by atoms with Gasteiger partial charge < -0.3 is 0 Å². The molecule has 1 aliphatic carbocycles. The van der Waals surface area contributed by atoms with Crippen LogP contribution in [0.1, 0.15) is 52.9 Å². The van der Waals surface area contributed by atoms with Crippen molar-refractivity contribution >= 4 is 11.6 Å².